The summed E-state index contributed by atoms with van der Waals surface area (Å²) in [7, 11) is 0. The molecule has 21 heavy (non-hydrogen) atoms. The molecular formula is C14H20F3IO3. The topological polar surface area (TPSA) is 46.5 Å². The Labute approximate surface area is 136 Å². The van der Waals surface area contributed by atoms with E-state index >= 15 is 0 Å². The van der Waals surface area contributed by atoms with Crippen molar-refractivity contribution in [2.75, 3.05) is 6.61 Å². The number of aliphatic hydroxyl groups is 1. The van der Waals surface area contributed by atoms with E-state index in [1.54, 1.807) is 0 Å². The van der Waals surface area contributed by atoms with E-state index in [2.05, 4.69) is 6.58 Å². The summed E-state index contributed by atoms with van der Waals surface area (Å²) < 4.78 is 41.2. The van der Waals surface area contributed by atoms with Gasteiger partial charge >= 0.3 is 12.1 Å². The van der Waals surface area contributed by atoms with Crippen LogP contribution in [-0.4, -0.2) is 27.5 Å². The fraction of sp³-hybridized carbons (Fsp3) is 0.786. The smallest absolute Gasteiger partial charge is 0.426 e. The predicted molar refractivity (Wildman–Crippen MR) is 80.8 cm³/mol. The Morgan fingerprint density at radius 2 is 2.00 bits per heavy atom. The lowest BCUT2D eigenvalue weighted by atomic mass is 9.88. The summed E-state index contributed by atoms with van der Waals surface area (Å²) in [6.07, 6.45) is -3.40. The summed E-state index contributed by atoms with van der Waals surface area (Å²) in [5.74, 6) is -1.81. The molecule has 0 radical (unpaired) electrons. The highest BCUT2D eigenvalue weighted by Gasteiger charge is 2.60. The minimum Gasteiger partial charge on any atom is -0.462 e. The maximum Gasteiger partial charge on any atom is 0.426 e. The zero-order chi connectivity index (χ0) is 16.4. The Kier molecular flexibility index (Phi) is 6.11. The Hall–Kier alpha value is -0.310. The molecule has 0 bridgehead atoms. The van der Waals surface area contributed by atoms with Gasteiger partial charge in [0, 0.05) is 11.5 Å². The van der Waals surface area contributed by atoms with Crippen LogP contribution >= 0.6 is 22.6 Å². The molecule has 0 aromatic heterocycles. The van der Waals surface area contributed by atoms with Crippen LogP contribution in [0.2, 0.25) is 0 Å². The van der Waals surface area contributed by atoms with Crippen LogP contribution in [-0.2, 0) is 9.53 Å². The average Bonchev–Trinajstić information content (AvgIpc) is 2.78. The second-order valence-corrected chi connectivity index (χ2v) is 7.31. The first-order valence-corrected chi connectivity index (χ1v) is 7.89. The third-order valence-electron chi connectivity index (χ3n) is 4.00. The number of hydrogen-bond donors (Lipinski definition) is 1. The first-order chi connectivity index (χ1) is 9.50. The summed E-state index contributed by atoms with van der Waals surface area (Å²) in [5.41, 5.74) is 0.261. The molecule has 0 amide bonds. The van der Waals surface area contributed by atoms with E-state index in [0.717, 1.165) is 22.6 Å². The number of carbonyl (C=O) groups is 1. The lowest BCUT2D eigenvalue weighted by Crippen LogP contribution is -2.47. The van der Waals surface area contributed by atoms with Crippen LogP contribution in [0.15, 0.2) is 12.2 Å². The summed E-state index contributed by atoms with van der Waals surface area (Å²) in [5, 5.41) is 9.88. The van der Waals surface area contributed by atoms with Crippen molar-refractivity contribution in [3.8, 4) is 0 Å². The quantitative estimate of drug-likeness (QED) is 0.318. The maximum atomic E-state index is 13.0. The third-order valence-corrected chi connectivity index (χ3v) is 5.42. The first-order valence-electron chi connectivity index (χ1n) is 6.81. The van der Waals surface area contributed by atoms with E-state index < -0.39 is 21.7 Å². The Balaban J connectivity index is 2.72. The average molecular weight is 420 g/mol. The highest BCUT2D eigenvalue weighted by atomic mass is 127. The van der Waals surface area contributed by atoms with Gasteiger partial charge in [0.25, 0.3) is 0 Å². The third kappa shape index (κ3) is 4.34. The van der Waals surface area contributed by atoms with Crippen molar-refractivity contribution in [2.45, 2.75) is 42.9 Å². The highest BCUT2D eigenvalue weighted by Crippen LogP contribution is 2.52. The molecule has 122 valence electrons. The molecule has 0 spiro atoms. The van der Waals surface area contributed by atoms with Gasteiger partial charge < -0.3 is 9.84 Å². The van der Waals surface area contributed by atoms with Crippen molar-refractivity contribution < 1.29 is 27.8 Å². The summed E-state index contributed by atoms with van der Waals surface area (Å²) in [6.45, 7) is 6.85. The second kappa shape index (κ2) is 6.85. The van der Waals surface area contributed by atoms with Crippen LogP contribution in [0.1, 0.15) is 33.1 Å². The molecule has 4 atom stereocenters. The lowest BCUT2D eigenvalue weighted by Gasteiger charge is -2.33. The van der Waals surface area contributed by atoms with Gasteiger partial charge in [0.05, 0.1) is 6.61 Å². The molecule has 1 fully saturated rings. The minimum absolute atomic E-state index is 0.0727. The van der Waals surface area contributed by atoms with Crippen molar-refractivity contribution in [1.29, 1.82) is 0 Å². The van der Waals surface area contributed by atoms with Crippen molar-refractivity contribution in [3.63, 3.8) is 0 Å². The molecular weight excluding hydrogens is 400 g/mol. The summed E-state index contributed by atoms with van der Waals surface area (Å²) in [6, 6.07) is 0. The Morgan fingerprint density at radius 3 is 2.43 bits per heavy atom. The molecule has 1 aliphatic rings. The van der Waals surface area contributed by atoms with E-state index in [-0.39, 0.29) is 30.4 Å². The normalized spacial score (nSPS) is 29.0. The monoisotopic (exact) mass is 420 g/mol. The number of halogens is 4. The molecule has 0 aromatic rings. The fourth-order valence-electron chi connectivity index (χ4n) is 2.82. The van der Waals surface area contributed by atoms with Gasteiger partial charge in [-0.2, -0.15) is 13.2 Å². The van der Waals surface area contributed by atoms with Gasteiger partial charge in [-0.3, -0.25) is 0 Å². The first kappa shape index (κ1) is 18.7. The molecule has 0 aliphatic heterocycles. The summed E-state index contributed by atoms with van der Waals surface area (Å²) in [4.78, 5) is 11.3. The van der Waals surface area contributed by atoms with Crippen LogP contribution in [0, 0.1) is 17.8 Å². The van der Waals surface area contributed by atoms with Gasteiger partial charge in [-0.25, -0.2) is 4.79 Å². The van der Waals surface area contributed by atoms with Crippen molar-refractivity contribution in [1.82, 2.24) is 0 Å². The highest BCUT2D eigenvalue weighted by molar-refractivity contribution is 14.1. The molecule has 3 nitrogen and oxygen atoms in total. The Morgan fingerprint density at radius 1 is 1.43 bits per heavy atom. The SMILES string of the molecule is C=C(C)C(=O)OCC1CC(CC)C(C(O)(I)C(F)(F)F)C1. The van der Waals surface area contributed by atoms with Crippen LogP contribution in [0.4, 0.5) is 13.2 Å². The number of hydrogen-bond acceptors (Lipinski definition) is 3. The van der Waals surface area contributed by atoms with Crippen LogP contribution in [0.3, 0.4) is 0 Å². The summed E-state index contributed by atoms with van der Waals surface area (Å²) >= 11 is 1.09. The van der Waals surface area contributed by atoms with Gasteiger partial charge in [0.15, 0.2) is 0 Å². The molecule has 7 heteroatoms. The number of carbonyl (C=O) groups excluding carboxylic acids is 1. The fourth-order valence-corrected chi connectivity index (χ4v) is 3.59. The van der Waals surface area contributed by atoms with Gasteiger partial charge in [0.1, 0.15) is 0 Å². The minimum atomic E-state index is -4.67. The van der Waals surface area contributed by atoms with Gasteiger partial charge in [-0.15, -0.1) is 0 Å². The molecule has 0 aromatic carbocycles. The van der Waals surface area contributed by atoms with Gasteiger partial charge in [0.2, 0.25) is 3.61 Å². The zero-order valence-corrected chi connectivity index (χ0v) is 14.2. The standard InChI is InChI=1S/C14H20F3IO3/c1-4-10-5-9(7-21-12(19)8(2)3)6-11(10)13(18,20)14(15,16)17/h9-11,20H,2,4-7H2,1,3H3. The van der Waals surface area contributed by atoms with Gasteiger partial charge in [-0.05, 0) is 54.2 Å². The van der Waals surface area contributed by atoms with Crippen LogP contribution < -0.4 is 0 Å². The van der Waals surface area contributed by atoms with Crippen molar-refractivity contribution >= 4 is 28.6 Å². The van der Waals surface area contributed by atoms with Gasteiger partial charge in [-0.1, -0.05) is 19.9 Å². The maximum absolute atomic E-state index is 13.0. The molecule has 1 aliphatic carbocycles. The number of ether oxygens (including phenoxy) is 1. The number of rotatable bonds is 5. The van der Waals surface area contributed by atoms with E-state index in [1.807, 2.05) is 6.92 Å². The largest absolute Gasteiger partial charge is 0.462 e. The van der Waals surface area contributed by atoms with E-state index in [0.29, 0.717) is 12.8 Å². The molecule has 1 rings (SSSR count). The van der Waals surface area contributed by atoms with E-state index in [1.165, 1.54) is 6.92 Å². The number of esters is 1. The predicted octanol–water partition coefficient (Wildman–Crippen LogP) is 3.84. The lowest BCUT2D eigenvalue weighted by molar-refractivity contribution is -0.232. The van der Waals surface area contributed by atoms with E-state index in [9.17, 15) is 23.1 Å². The zero-order valence-electron chi connectivity index (χ0n) is 12.0. The van der Waals surface area contributed by atoms with Crippen LogP contribution in [0.5, 0.6) is 0 Å². The molecule has 1 saturated carbocycles. The molecule has 4 unspecified atom stereocenters. The molecule has 0 saturated heterocycles. The Bertz CT molecular complexity index is 407. The van der Waals surface area contributed by atoms with Crippen LogP contribution in [0.25, 0.3) is 0 Å². The molecule has 1 N–H and O–H groups in total. The second-order valence-electron chi connectivity index (χ2n) is 5.66. The van der Waals surface area contributed by atoms with Crippen molar-refractivity contribution in [2.24, 2.45) is 17.8 Å². The van der Waals surface area contributed by atoms with Crippen molar-refractivity contribution in [3.05, 3.63) is 12.2 Å². The van der Waals surface area contributed by atoms with E-state index in [4.69, 9.17) is 4.74 Å². The molecule has 0 heterocycles. The number of alkyl halides is 4.